The molecule has 2 heterocycles. The van der Waals surface area contributed by atoms with Gasteiger partial charge in [-0.05, 0) is 11.1 Å². The maximum absolute atomic E-state index is 13.8. The zero-order chi connectivity index (χ0) is 19.8. The van der Waals surface area contributed by atoms with Gasteiger partial charge in [0.25, 0.3) is 5.56 Å². The Kier molecular flexibility index (Phi) is 4.82. The van der Waals surface area contributed by atoms with Crippen LogP contribution in [0.2, 0.25) is 0 Å². The van der Waals surface area contributed by atoms with Gasteiger partial charge in [0.1, 0.15) is 0 Å². The second-order valence-electron chi connectivity index (χ2n) is 5.66. The Hall–Kier alpha value is -2.66. The number of rotatable bonds is 6. The molecule has 0 unspecified atom stereocenters. The number of nitrogen functional groups attached to an aromatic ring is 1. The van der Waals surface area contributed by atoms with Crippen LogP contribution in [0.15, 0.2) is 35.4 Å². The summed E-state index contributed by atoms with van der Waals surface area (Å²) < 4.78 is 43.4. The molecule has 1 aromatic carbocycles. The highest BCUT2D eigenvalue weighted by Gasteiger charge is 2.39. The summed E-state index contributed by atoms with van der Waals surface area (Å²) in [6.45, 7) is 0.0224. The molecular weight excluding hydrogens is 387 g/mol. The van der Waals surface area contributed by atoms with E-state index in [-0.39, 0.29) is 29.2 Å². The van der Waals surface area contributed by atoms with Crippen molar-refractivity contribution in [1.29, 1.82) is 0 Å². The van der Waals surface area contributed by atoms with Crippen LogP contribution in [0.1, 0.15) is 11.1 Å². The summed E-state index contributed by atoms with van der Waals surface area (Å²) in [5.74, 6) is -0.121. The molecule has 0 radical (unpaired) electrons. The number of phosphoric ester groups is 1. The number of nitrogens with two attached hydrogens (primary N) is 1. The number of halogens is 2. The van der Waals surface area contributed by atoms with Crippen molar-refractivity contribution in [2.45, 2.75) is 19.1 Å². The minimum Gasteiger partial charge on any atom is -0.369 e. The molecule has 5 N–H and O–H groups in total. The number of fused-ring (bicyclic) bond motifs is 1. The third-order valence-electron chi connectivity index (χ3n) is 3.60. The highest BCUT2D eigenvalue weighted by Crippen LogP contribution is 2.44. The van der Waals surface area contributed by atoms with Gasteiger partial charge in [0.2, 0.25) is 5.95 Å². The van der Waals surface area contributed by atoms with E-state index in [0.29, 0.717) is 5.56 Å². The zero-order valence-electron chi connectivity index (χ0n) is 13.5. The quantitative estimate of drug-likeness (QED) is 0.446. The monoisotopic (exact) mass is 401 g/mol. The van der Waals surface area contributed by atoms with Gasteiger partial charge in [0.05, 0.1) is 19.3 Å². The summed E-state index contributed by atoms with van der Waals surface area (Å²) in [5, 5.41) is 0. The van der Waals surface area contributed by atoms with Gasteiger partial charge in [-0.25, -0.2) is 14.1 Å². The van der Waals surface area contributed by atoms with Crippen LogP contribution < -0.4 is 11.3 Å². The fourth-order valence-corrected chi connectivity index (χ4v) is 2.99. The van der Waals surface area contributed by atoms with Crippen molar-refractivity contribution in [3.05, 3.63) is 52.1 Å². The van der Waals surface area contributed by atoms with Gasteiger partial charge in [-0.1, -0.05) is 24.3 Å². The molecule has 3 aromatic rings. The summed E-state index contributed by atoms with van der Waals surface area (Å²) in [7, 11) is -5.37. The van der Waals surface area contributed by atoms with Gasteiger partial charge >= 0.3 is 13.9 Å². The molecule has 0 amide bonds. The number of hydrogen-bond donors (Lipinski definition) is 4. The van der Waals surface area contributed by atoms with Crippen LogP contribution in [0.5, 0.6) is 0 Å². The number of anilines is 1. The maximum Gasteiger partial charge on any atom is 0.474 e. The van der Waals surface area contributed by atoms with E-state index >= 15 is 0 Å². The Morgan fingerprint density at radius 3 is 2.63 bits per heavy atom. The SMILES string of the molecule is Nc1nc2c(ncn2Cc2ccccc2CC(F)(F)OP(=O)(O)O)c(=O)[nH]1. The number of nitrogens with zero attached hydrogens (tertiary/aromatic N) is 3. The summed E-state index contributed by atoms with van der Waals surface area (Å²) >= 11 is 0. The molecule has 0 aliphatic heterocycles. The normalized spacial score (nSPS) is 12.6. The zero-order valence-corrected chi connectivity index (χ0v) is 14.4. The van der Waals surface area contributed by atoms with Gasteiger partial charge in [0, 0.05) is 0 Å². The third-order valence-corrected chi connectivity index (χ3v) is 4.11. The first-order chi connectivity index (χ1) is 12.5. The van der Waals surface area contributed by atoms with Crippen LogP contribution in [-0.2, 0) is 22.1 Å². The molecule has 0 aliphatic carbocycles. The number of alkyl halides is 2. The molecule has 144 valence electrons. The van der Waals surface area contributed by atoms with E-state index < -0.39 is 25.9 Å². The molecular formula is C14H14F2N5O5P. The molecule has 0 fully saturated rings. The molecule has 27 heavy (non-hydrogen) atoms. The second kappa shape index (κ2) is 6.82. The first-order valence-electron chi connectivity index (χ1n) is 7.46. The summed E-state index contributed by atoms with van der Waals surface area (Å²) in [4.78, 5) is 39.3. The molecule has 0 saturated heterocycles. The fraction of sp³-hybridized carbons (Fsp3) is 0.214. The van der Waals surface area contributed by atoms with Gasteiger partial charge < -0.3 is 20.1 Å². The minimum atomic E-state index is -5.37. The summed E-state index contributed by atoms with van der Waals surface area (Å²) in [6, 6.07) is 6.03. The van der Waals surface area contributed by atoms with E-state index in [9.17, 15) is 18.1 Å². The lowest BCUT2D eigenvalue weighted by atomic mass is 10.0. The van der Waals surface area contributed by atoms with Crippen molar-refractivity contribution in [3.8, 4) is 0 Å². The molecule has 0 atom stereocenters. The molecule has 0 saturated carbocycles. The Labute approximate surface area is 149 Å². The molecule has 10 nitrogen and oxygen atoms in total. The number of aromatic nitrogens is 4. The Balaban J connectivity index is 1.94. The Morgan fingerprint density at radius 1 is 1.30 bits per heavy atom. The third kappa shape index (κ3) is 4.55. The number of nitrogens with one attached hydrogen (secondary N) is 1. The largest absolute Gasteiger partial charge is 0.474 e. The van der Waals surface area contributed by atoms with Gasteiger partial charge in [-0.15, -0.1) is 0 Å². The van der Waals surface area contributed by atoms with Crippen molar-refractivity contribution < 1.29 is 27.7 Å². The molecule has 0 aliphatic rings. The smallest absolute Gasteiger partial charge is 0.369 e. The number of H-pyrrole nitrogens is 1. The van der Waals surface area contributed by atoms with E-state index in [1.807, 2.05) is 0 Å². The van der Waals surface area contributed by atoms with Crippen LogP contribution in [0.4, 0.5) is 14.7 Å². The highest BCUT2D eigenvalue weighted by atomic mass is 31.2. The lowest BCUT2D eigenvalue weighted by Gasteiger charge is -2.19. The van der Waals surface area contributed by atoms with Crippen LogP contribution in [0.25, 0.3) is 11.2 Å². The van der Waals surface area contributed by atoms with Gasteiger partial charge in [0.15, 0.2) is 11.2 Å². The number of benzene rings is 1. The summed E-state index contributed by atoms with van der Waals surface area (Å²) in [5.41, 5.74) is 5.68. The van der Waals surface area contributed by atoms with Crippen molar-refractivity contribution in [3.63, 3.8) is 0 Å². The van der Waals surface area contributed by atoms with E-state index in [4.69, 9.17) is 15.5 Å². The Bertz CT molecular complexity index is 1090. The minimum absolute atomic E-state index is 0.0224. The first-order valence-corrected chi connectivity index (χ1v) is 8.99. The van der Waals surface area contributed by atoms with Crippen LogP contribution >= 0.6 is 7.82 Å². The molecule has 0 bridgehead atoms. The first kappa shape index (κ1) is 19.1. The lowest BCUT2D eigenvalue weighted by molar-refractivity contribution is -0.184. The molecule has 13 heteroatoms. The topological polar surface area (TPSA) is 156 Å². The fourth-order valence-electron chi connectivity index (χ4n) is 2.58. The Morgan fingerprint density at radius 2 is 1.96 bits per heavy atom. The van der Waals surface area contributed by atoms with Crippen molar-refractivity contribution in [2.24, 2.45) is 0 Å². The standard InChI is InChI=1S/C14H14F2N5O5P/c15-14(16,26-27(23,24)25)5-8-3-1-2-4-9(8)6-21-7-18-10-11(21)19-13(17)20-12(10)22/h1-4,7H,5-6H2,(H2,23,24,25)(H3,17,19,20,22). The number of phosphoric acid groups is 1. The highest BCUT2D eigenvalue weighted by molar-refractivity contribution is 7.46. The predicted octanol–water partition coefficient (Wildman–Crippen LogP) is 0.995. The molecule has 0 spiro atoms. The lowest BCUT2D eigenvalue weighted by Crippen LogP contribution is -2.23. The molecule has 2 aromatic heterocycles. The van der Waals surface area contributed by atoms with Gasteiger partial charge in [-0.3, -0.25) is 9.78 Å². The number of imidazole rings is 1. The maximum atomic E-state index is 13.8. The van der Waals surface area contributed by atoms with Crippen LogP contribution in [0, 0.1) is 0 Å². The van der Waals surface area contributed by atoms with Crippen LogP contribution in [-0.4, -0.2) is 35.4 Å². The van der Waals surface area contributed by atoms with Crippen molar-refractivity contribution in [1.82, 2.24) is 19.5 Å². The average molecular weight is 401 g/mol. The van der Waals surface area contributed by atoms with E-state index in [1.165, 1.54) is 23.0 Å². The number of hydrogen-bond acceptors (Lipinski definition) is 6. The van der Waals surface area contributed by atoms with E-state index in [1.54, 1.807) is 12.1 Å². The summed E-state index contributed by atoms with van der Waals surface area (Å²) in [6.07, 6.45) is -3.82. The average Bonchev–Trinajstić information content (AvgIpc) is 2.89. The van der Waals surface area contributed by atoms with Crippen molar-refractivity contribution in [2.75, 3.05) is 5.73 Å². The van der Waals surface area contributed by atoms with Crippen molar-refractivity contribution >= 4 is 24.9 Å². The predicted molar refractivity (Wildman–Crippen MR) is 89.9 cm³/mol. The second-order valence-corrected chi connectivity index (χ2v) is 6.82. The van der Waals surface area contributed by atoms with E-state index in [0.717, 1.165) is 0 Å². The number of aromatic amines is 1. The van der Waals surface area contributed by atoms with Gasteiger partial charge in [-0.2, -0.15) is 13.8 Å². The van der Waals surface area contributed by atoms with E-state index in [2.05, 4.69) is 19.5 Å². The van der Waals surface area contributed by atoms with Crippen LogP contribution in [0.3, 0.4) is 0 Å². The molecule has 3 rings (SSSR count).